The van der Waals surface area contributed by atoms with E-state index in [2.05, 4.69) is 10.8 Å². The normalized spacial score (nSPS) is 10.2. The molecule has 1 N–H and O–H groups in total. The molecule has 0 atom stereocenters. The predicted octanol–water partition coefficient (Wildman–Crippen LogP) is 4.50. The number of carbonyl (C=O) groups is 1. The maximum Gasteiger partial charge on any atom is 0.221 e. The monoisotopic (exact) mass is 291 g/mol. The Kier molecular flexibility index (Phi) is 5.31. The number of para-hydroxylation sites is 1. The summed E-state index contributed by atoms with van der Waals surface area (Å²) in [5.74, 6) is 0. The Balaban J connectivity index is 1.93. The number of hydrogen-bond acceptors (Lipinski definition) is 3. The van der Waals surface area contributed by atoms with E-state index in [4.69, 9.17) is 11.6 Å². The number of halogens is 1. The quantitative estimate of drug-likeness (QED) is 0.627. The molecule has 0 fully saturated rings. The van der Waals surface area contributed by atoms with Gasteiger partial charge in [0.05, 0.1) is 0 Å². The summed E-state index contributed by atoms with van der Waals surface area (Å²) in [6, 6.07) is 18.1. The summed E-state index contributed by atoms with van der Waals surface area (Å²) < 4.78 is 3.28. The molecule has 4 heteroatoms. The maximum atomic E-state index is 10.8. The molecule has 0 heterocycles. The second-order valence-electron chi connectivity index (χ2n) is 4.07. The minimum Gasteiger partial charge on any atom is -0.326 e. The van der Waals surface area contributed by atoms with Crippen molar-refractivity contribution >= 4 is 34.5 Å². The van der Waals surface area contributed by atoms with Crippen LogP contribution in [0.2, 0.25) is 0 Å². The van der Waals surface area contributed by atoms with Crippen LogP contribution in [0.1, 0.15) is 12.0 Å². The van der Waals surface area contributed by atoms with Crippen LogP contribution in [-0.4, -0.2) is 5.24 Å². The van der Waals surface area contributed by atoms with Crippen molar-refractivity contribution < 1.29 is 4.79 Å². The van der Waals surface area contributed by atoms with Gasteiger partial charge in [0.1, 0.15) is 0 Å². The minimum atomic E-state index is -0.291. The molecular weight excluding hydrogens is 278 g/mol. The zero-order valence-corrected chi connectivity index (χ0v) is 11.9. The van der Waals surface area contributed by atoms with Crippen LogP contribution < -0.4 is 4.72 Å². The van der Waals surface area contributed by atoms with Crippen LogP contribution in [0.25, 0.3) is 0 Å². The molecule has 0 unspecified atom stereocenters. The molecule has 0 aliphatic heterocycles. The molecule has 0 aromatic heterocycles. The smallest absolute Gasteiger partial charge is 0.221 e. The van der Waals surface area contributed by atoms with Gasteiger partial charge in [0.15, 0.2) is 0 Å². The Bertz CT molecular complexity index is 545. The topological polar surface area (TPSA) is 29.1 Å². The molecule has 0 saturated carbocycles. The highest BCUT2D eigenvalue weighted by Crippen LogP contribution is 2.22. The summed E-state index contributed by atoms with van der Waals surface area (Å²) >= 11 is 6.91. The van der Waals surface area contributed by atoms with Crippen LogP contribution >= 0.6 is 23.5 Å². The van der Waals surface area contributed by atoms with Gasteiger partial charge in [-0.2, -0.15) is 0 Å². The van der Waals surface area contributed by atoms with Gasteiger partial charge in [0.2, 0.25) is 5.24 Å². The number of anilines is 1. The number of benzene rings is 2. The average Bonchev–Trinajstić information content (AvgIpc) is 2.44. The first-order valence-corrected chi connectivity index (χ1v) is 7.18. The van der Waals surface area contributed by atoms with Crippen molar-refractivity contribution in [3.63, 3.8) is 0 Å². The Morgan fingerprint density at radius 2 is 1.89 bits per heavy atom. The van der Waals surface area contributed by atoms with Crippen molar-refractivity contribution in [3.8, 4) is 0 Å². The molecule has 2 aromatic rings. The van der Waals surface area contributed by atoms with Crippen molar-refractivity contribution in [2.24, 2.45) is 0 Å². The molecule has 0 bridgehead atoms. The van der Waals surface area contributed by atoms with Gasteiger partial charge in [-0.25, -0.2) is 0 Å². The largest absolute Gasteiger partial charge is 0.326 e. The maximum absolute atomic E-state index is 10.8. The van der Waals surface area contributed by atoms with Gasteiger partial charge >= 0.3 is 0 Å². The van der Waals surface area contributed by atoms with Crippen LogP contribution in [0, 0.1) is 0 Å². The lowest BCUT2D eigenvalue weighted by molar-refractivity contribution is -0.111. The predicted molar refractivity (Wildman–Crippen MR) is 81.5 cm³/mol. The van der Waals surface area contributed by atoms with E-state index in [1.807, 2.05) is 48.5 Å². The summed E-state index contributed by atoms with van der Waals surface area (Å²) in [4.78, 5) is 11.9. The average molecular weight is 292 g/mol. The molecule has 0 aliphatic rings. The summed E-state index contributed by atoms with van der Waals surface area (Å²) in [6.45, 7) is 0. The second kappa shape index (κ2) is 7.22. The van der Waals surface area contributed by atoms with Gasteiger partial charge in [-0.3, -0.25) is 4.79 Å². The Hall–Kier alpha value is -1.45. The van der Waals surface area contributed by atoms with Crippen LogP contribution in [0.3, 0.4) is 0 Å². The lowest BCUT2D eigenvalue weighted by atomic mass is 10.1. The number of carbonyl (C=O) groups excluding carboxylic acids is 1. The van der Waals surface area contributed by atoms with E-state index < -0.39 is 0 Å². The highest BCUT2D eigenvalue weighted by Gasteiger charge is 2.01. The van der Waals surface area contributed by atoms with Gasteiger partial charge < -0.3 is 4.72 Å². The fourth-order valence-corrected chi connectivity index (χ4v) is 2.45. The summed E-state index contributed by atoms with van der Waals surface area (Å²) in [5.41, 5.74) is 2.18. The van der Waals surface area contributed by atoms with Gasteiger partial charge in [-0.05, 0) is 59.8 Å². The lowest BCUT2D eigenvalue weighted by Crippen LogP contribution is -1.92. The first-order valence-electron chi connectivity index (χ1n) is 5.99. The van der Waals surface area contributed by atoms with Crippen molar-refractivity contribution in [2.75, 3.05) is 4.72 Å². The summed E-state index contributed by atoms with van der Waals surface area (Å²) in [7, 11) is 0. The van der Waals surface area contributed by atoms with E-state index in [1.165, 1.54) is 0 Å². The van der Waals surface area contributed by atoms with Gasteiger partial charge in [-0.15, -0.1) is 0 Å². The zero-order chi connectivity index (χ0) is 13.5. The van der Waals surface area contributed by atoms with E-state index in [9.17, 15) is 4.79 Å². The lowest BCUT2D eigenvalue weighted by Gasteiger charge is -2.06. The molecule has 0 spiro atoms. The first-order chi connectivity index (χ1) is 9.24. The molecule has 0 amide bonds. The highest BCUT2D eigenvalue weighted by molar-refractivity contribution is 8.00. The molecule has 0 saturated heterocycles. The fourth-order valence-electron chi connectivity index (χ4n) is 1.63. The van der Waals surface area contributed by atoms with Gasteiger partial charge in [0, 0.05) is 17.0 Å². The Morgan fingerprint density at radius 1 is 1.11 bits per heavy atom. The van der Waals surface area contributed by atoms with Crippen molar-refractivity contribution in [3.05, 3.63) is 60.2 Å². The third-order valence-electron chi connectivity index (χ3n) is 2.57. The minimum absolute atomic E-state index is 0.291. The van der Waals surface area contributed by atoms with E-state index in [0.717, 1.165) is 16.1 Å². The van der Waals surface area contributed by atoms with Crippen LogP contribution in [0.5, 0.6) is 0 Å². The van der Waals surface area contributed by atoms with Gasteiger partial charge in [0.25, 0.3) is 0 Å². The van der Waals surface area contributed by atoms with Crippen molar-refractivity contribution in [2.45, 2.75) is 17.7 Å². The SMILES string of the molecule is O=C(Cl)CCc1cccc(SNc2ccccc2)c1. The zero-order valence-electron chi connectivity index (χ0n) is 10.3. The number of aryl methyl sites for hydroxylation is 1. The van der Waals surface area contributed by atoms with Crippen LogP contribution in [-0.2, 0) is 11.2 Å². The molecule has 0 aliphatic carbocycles. The molecule has 2 nitrogen and oxygen atoms in total. The summed E-state index contributed by atoms with van der Waals surface area (Å²) in [5, 5.41) is -0.291. The number of nitrogens with one attached hydrogen (secondary N) is 1. The van der Waals surface area contributed by atoms with Crippen molar-refractivity contribution in [1.29, 1.82) is 0 Å². The van der Waals surface area contributed by atoms with E-state index in [-0.39, 0.29) is 5.24 Å². The van der Waals surface area contributed by atoms with Gasteiger partial charge in [-0.1, -0.05) is 30.3 Å². The summed E-state index contributed by atoms with van der Waals surface area (Å²) in [6.07, 6.45) is 1.06. The van der Waals surface area contributed by atoms with Crippen LogP contribution in [0.15, 0.2) is 59.5 Å². The third kappa shape index (κ3) is 4.97. The highest BCUT2D eigenvalue weighted by atomic mass is 35.5. The second-order valence-corrected chi connectivity index (χ2v) is 5.37. The fraction of sp³-hybridized carbons (Fsp3) is 0.133. The molecule has 2 rings (SSSR count). The standard InChI is InChI=1S/C15H14ClNOS/c16-15(18)10-9-12-5-4-8-14(11-12)19-17-13-6-2-1-3-7-13/h1-8,11,17H,9-10H2. The molecule has 0 radical (unpaired) electrons. The molecule has 2 aromatic carbocycles. The number of hydrogen-bond donors (Lipinski definition) is 1. The molecule has 98 valence electrons. The van der Waals surface area contributed by atoms with E-state index >= 15 is 0 Å². The van der Waals surface area contributed by atoms with E-state index in [0.29, 0.717) is 12.8 Å². The molecular formula is C15H14ClNOS. The first kappa shape index (κ1) is 14.0. The molecule has 19 heavy (non-hydrogen) atoms. The Morgan fingerprint density at radius 3 is 2.63 bits per heavy atom. The van der Waals surface area contributed by atoms with Crippen molar-refractivity contribution in [1.82, 2.24) is 0 Å². The van der Waals surface area contributed by atoms with E-state index in [1.54, 1.807) is 11.9 Å². The third-order valence-corrected chi connectivity index (χ3v) is 3.59. The number of rotatable bonds is 6. The van der Waals surface area contributed by atoms with Crippen LogP contribution in [0.4, 0.5) is 5.69 Å². The Labute approximate surface area is 122 Å².